The van der Waals surface area contributed by atoms with Gasteiger partial charge in [0.2, 0.25) is 0 Å². The average molecular weight is 281 g/mol. The molecule has 0 aliphatic carbocycles. The third-order valence-corrected chi connectivity index (χ3v) is 3.72. The molecule has 21 heavy (non-hydrogen) atoms. The first-order valence-corrected chi connectivity index (χ1v) is 6.75. The molecule has 0 heterocycles. The first kappa shape index (κ1) is 13.4. The molecule has 0 saturated carbocycles. The lowest BCUT2D eigenvalue weighted by Crippen LogP contribution is -2.35. The van der Waals surface area contributed by atoms with Gasteiger partial charge in [-0.25, -0.2) is 0 Å². The van der Waals surface area contributed by atoms with Gasteiger partial charge in [0.15, 0.2) is 5.75 Å². The fourth-order valence-electron chi connectivity index (χ4n) is 2.62. The third-order valence-electron chi connectivity index (χ3n) is 3.72. The molecule has 3 rings (SSSR count). The minimum atomic E-state index is -0.565. The molecular formula is C17H15NO3. The highest BCUT2D eigenvalue weighted by molar-refractivity contribution is 5.86. The Balaban J connectivity index is 1.98. The highest BCUT2D eigenvalue weighted by Crippen LogP contribution is 2.28. The van der Waals surface area contributed by atoms with Crippen molar-refractivity contribution in [2.75, 3.05) is 12.4 Å². The Kier molecular flexibility index (Phi) is 3.22. The van der Waals surface area contributed by atoms with Crippen LogP contribution in [-0.2, 0) is 0 Å². The molecule has 1 N–H and O–H groups in total. The van der Waals surface area contributed by atoms with E-state index < -0.39 is 10.9 Å². The van der Waals surface area contributed by atoms with Crippen molar-refractivity contribution in [3.05, 3.63) is 68.5 Å². The molecule has 0 aliphatic rings. The topological polar surface area (TPSA) is 55.4 Å². The molecule has 4 heteroatoms. The second-order valence-corrected chi connectivity index (χ2v) is 5.00. The minimum Gasteiger partial charge on any atom is -0.491 e. The molecule has 0 fully saturated rings. The van der Waals surface area contributed by atoms with Crippen molar-refractivity contribution in [2.24, 2.45) is 0 Å². The SMILES string of the molecule is COc1c(N[C@@H](C)c2cccc3ccccc23)c(=O)c1=O. The van der Waals surface area contributed by atoms with Crippen LogP contribution in [0.3, 0.4) is 0 Å². The maximum atomic E-state index is 11.6. The summed E-state index contributed by atoms with van der Waals surface area (Å²) in [5.41, 5.74) is 0.259. The van der Waals surface area contributed by atoms with E-state index in [1.807, 2.05) is 49.4 Å². The molecule has 0 unspecified atom stereocenters. The molecule has 3 aromatic carbocycles. The van der Waals surface area contributed by atoms with Crippen LogP contribution in [0, 0.1) is 0 Å². The summed E-state index contributed by atoms with van der Waals surface area (Å²) in [4.78, 5) is 23.0. The van der Waals surface area contributed by atoms with Gasteiger partial charge in [0, 0.05) is 6.04 Å². The van der Waals surface area contributed by atoms with E-state index in [0.29, 0.717) is 0 Å². The van der Waals surface area contributed by atoms with Gasteiger partial charge in [0.1, 0.15) is 5.69 Å². The summed E-state index contributed by atoms with van der Waals surface area (Å²) in [5.74, 6) is 0.118. The smallest absolute Gasteiger partial charge is 0.271 e. The molecule has 0 amide bonds. The van der Waals surface area contributed by atoms with E-state index in [1.54, 1.807) is 0 Å². The molecule has 0 radical (unpaired) electrons. The van der Waals surface area contributed by atoms with Crippen LogP contribution >= 0.6 is 0 Å². The predicted molar refractivity (Wildman–Crippen MR) is 83.9 cm³/mol. The number of hydrogen-bond donors (Lipinski definition) is 1. The molecule has 106 valence electrons. The average Bonchev–Trinajstić information content (AvgIpc) is 2.53. The van der Waals surface area contributed by atoms with Gasteiger partial charge in [-0.05, 0) is 23.3 Å². The van der Waals surface area contributed by atoms with Crippen LogP contribution in [0.2, 0.25) is 0 Å². The molecule has 0 aromatic heterocycles. The van der Waals surface area contributed by atoms with Gasteiger partial charge in [0.25, 0.3) is 10.9 Å². The Morgan fingerprint density at radius 3 is 2.48 bits per heavy atom. The number of hydrogen-bond acceptors (Lipinski definition) is 4. The number of methoxy groups -OCH3 is 1. The van der Waals surface area contributed by atoms with Gasteiger partial charge in [-0.2, -0.15) is 0 Å². The molecule has 0 saturated heterocycles. The zero-order valence-electron chi connectivity index (χ0n) is 11.8. The van der Waals surface area contributed by atoms with Crippen LogP contribution in [-0.4, -0.2) is 7.11 Å². The standard InChI is InChI=1S/C17H15NO3/c1-10(18-14-15(19)16(20)17(14)21-2)12-9-5-7-11-6-3-4-8-13(11)12/h3-10,18H,1-2H3/t10-/m0/s1. The largest absolute Gasteiger partial charge is 0.491 e. The Morgan fingerprint density at radius 2 is 1.71 bits per heavy atom. The fourth-order valence-corrected chi connectivity index (χ4v) is 2.62. The zero-order valence-corrected chi connectivity index (χ0v) is 11.8. The van der Waals surface area contributed by atoms with Crippen molar-refractivity contribution < 1.29 is 4.74 Å². The number of rotatable bonds is 4. The van der Waals surface area contributed by atoms with Crippen LogP contribution in [0.4, 0.5) is 5.69 Å². The highest BCUT2D eigenvalue weighted by Gasteiger charge is 2.23. The highest BCUT2D eigenvalue weighted by atomic mass is 16.5. The number of nitrogens with one attached hydrogen (secondary N) is 1. The predicted octanol–water partition coefficient (Wildman–Crippen LogP) is 2.62. The summed E-state index contributed by atoms with van der Waals surface area (Å²) in [6.45, 7) is 1.96. The summed E-state index contributed by atoms with van der Waals surface area (Å²) >= 11 is 0. The Morgan fingerprint density at radius 1 is 1.00 bits per heavy atom. The number of fused-ring (bicyclic) bond motifs is 1. The second-order valence-electron chi connectivity index (χ2n) is 5.00. The summed E-state index contributed by atoms with van der Waals surface area (Å²) in [6, 6.07) is 14.0. The van der Waals surface area contributed by atoms with Crippen LogP contribution < -0.4 is 20.9 Å². The second kappa shape index (κ2) is 5.05. The van der Waals surface area contributed by atoms with Gasteiger partial charge in [-0.1, -0.05) is 42.5 Å². The summed E-state index contributed by atoms with van der Waals surface area (Å²) in [7, 11) is 1.39. The Bertz CT molecular complexity index is 870. The molecule has 0 bridgehead atoms. The molecule has 4 nitrogen and oxygen atoms in total. The van der Waals surface area contributed by atoms with Crippen molar-refractivity contribution in [2.45, 2.75) is 13.0 Å². The maximum absolute atomic E-state index is 11.6. The van der Waals surface area contributed by atoms with Crippen molar-refractivity contribution in [1.29, 1.82) is 0 Å². The van der Waals surface area contributed by atoms with Crippen molar-refractivity contribution in [3.8, 4) is 5.75 Å². The fraction of sp³-hybridized carbons (Fsp3) is 0.176. The van der Waals surface area contributed by atoms with E-state index in [9.17, 15) is 9.59 Å². The minimum absolute atomic E-state index is 0.103. The Labute approximate surface area is 121 Å². The van der Waals surface area contributed by atoms with E-state index in [0.717, 1.165) is 16.3 Å². The summed E-state index contributed by atoms with van der Waals surface area (Å²) in [5, 5.41) is 5.35. The van der Waals surface area contributed by atoms with Crippen molar-refractivity contribution >= 4 is 16.5 Å². The summed E-state index contributed by atoms with van der Waals surface area (Å²) < 4.78 is 4.95. The number of benzene rings is 2. The van der Waals surface area contributed by atoms with Gasteiger partial charge < -0.3 is 10.1 Å². The van der Waals surface area contributed by atoms with E-state index in [-0.39, 0.29) is 17.5 Å². The van der Waals surface area contributed by atoms with Gasteiger partial charge >= 0.3 is 0 Å². The third kappa shape index (κ3) is 2.09. The first-order chi connectivity index (χ1) is 10.1. The van der Waals surface area contributed by atoms with Crippen LogP contribution in [0.1, 0.15) is 18.5 Å². The summed E-state index contributed by atoms with van der Waals surface area (Å²) in [6.07, 6.45) is 0. The lowest BCUT2D eigenvalue weighted by molar-refractivity contribution is 0.407. The van der Waals surface area contributed by atoms with E-state index in [1.165, 1.54) is 7.11 Å². The lowest BCUT2D eigenvalue weighted by Gasteiger charge is -2.19. The van der Waals surface area contributed by atoms with Gasteiger partial charge in [-0.15, -0.1) is 0 Å². The van der Waals surface area contributed by atoms with Gasteiger partial charge in [0.05, 0.1) is 7.11 Å². The molecule has 3 aromatic rings. The first-order valence-electron chi connectivity index (χ1n) is 6.75. The quantitative estimate of drug-likeness (QED) is 0.747. The lowest BCUT2D eigenvalue weighted by atomic mass is 9.99. The van der Waals surface area contributed by atoms with Crippen LogP contribution in [0.15, 0.2) is 52.1 Å². The zero-order chi connectivity index (χ0) is 15.0. The van der Waals surface area contributed by atoms with Crippen LogP contribution in [0.5, 0.6) is 5.75 Å². The van der Waals surface area contributed by atoms with Crippen molar-refractivity contribution in [1.82, 2.24) is 0 Å². The van der Waals surface area contributed by atoms with Crippen LogP contribution in [0.25, 0.3) is 10.8 Å². The normalized spacial score (nSPS) is 12.5. The van der Waals surface area contributed by atoms with E-state index >= 15 is 0 Å². The molecular weight excluding hydrogens is 266 g/mol. The number of ether oxygens (including phenoxy) is 1. The molecule has 1 atom stereocenters. The van der Waals surface area contributed by atoms with E-state index in [4.69, 9.17) is 4.74 Å². The Hall–Kier alpha value is -2.62. The monoisotopic (exact) mass is 281 g/mol. The van der Waals surface area contributed by atoms with E-state index in [2.05, 4.69) is 5.32 Å². The molecule has 0 aliphatic heterocycles. The maximum Gasteiger partial charge on any atom is 0.271 e. The molecule has 0 spiro atoms. The number of anilines is 1. The van der Waals surface area contributed by atoms with Crippen molar-refractivity contribution in [3.63, 3.8) is 0 Å². The van der Waals surface area contributed by atoms with Gasteiger partial charge in [-0.3, -0.25) is 9.59 Å².